The molecule has 1 N–H and O–H groups in total. The molecular formula is C15H28N2O. The van der Waals surface area contributed by atoms with Crippen molar-refractivity contribution < 1.29 is 4.74 Å². The van der Waals surface area contributed by atoms with Gasteiger partial charge in [0.2, 0.25) is 0 Å². The highest BCUT2D eigenvalue weighted by atomic mass is 16.5. The van der Waals surface area contributed by atoms with Crippen molar-refractivity contribution in [2.45, 2.75) is 58.0 Å². The minimum absolute atomic E-state index is 0.141. The first-order valence-electron chi connectivity index (χ1n) is 7.47. The van der Waals surface area contributed by atoms with Gasteiger partial charge < -0.3 is 10.1 Å². The molecule has 0 spiro atoms. The lowest BCUT2D eigenvalue weighted by molar-refractivity contribution is 0.0880. The van der Waals surface area contributed by atoms with Crippen LogP contribution in [0.3, 0.4) is 0 Å². The zero-order chi connectivity index (χ0) is 13.0. The van der Waals surface area contributed by atoms with Gasteiger partial charge in [0.15, 0.2) is 0 Å². The van der Waals surface area contributed by atoms with Crippen LogP contribution >= 0.6 is 0 Å². The molecule has 1 saturated heterocycles. The maximum Gasteiger partial charge on any atom is 0.111 e. The predicted octanol–water partition coefficient (Wildman–Crippen LogP) is 2.53. The molecule has 0 aromatic heterocycles. The number of hydrogen-bond donors (Lipinski definition) is 1. The van der Waals surface area contributed by atoms with Crippen molar-refractivity contribution in [3.05, 3.63) is 11.8 Å². The first kappa shape index (κ1) is 13.9. The predicted molar refractivity (Wildman–Crippen MR) is 75.6 cm³/mol. The molecule has 2 heterocycles. The maximum atomic E-state index is 5.83. The summed E-state index contributed by atoms with van der Waals surface area (Å²) in [5.41, 5.74) is 0.141. The van der Waals surface area contributed by atoms with Crippen LogP contribution < -0.4 is 5.32 Å². The molecule has 0 saturated carbocycles. The minimum Gasteiger partial charge on any atom is -0.496 e. The minimum atomic E-state index is 0.141. The Morgan fingerprint density at radius 3 is 2.67 bits per heavy atom. The fraction of sp³-hybridized carbons (Fsp3) is 0.867. The van der Waals surface area contributed by atoms with Gasteiger partial charge >= 0.3 is 0 Å². The Bertz CT molecular complexity index is 293. The van der Waals surface area contributed by atoms with E-state index in [4.69, 9.17) is 4.74 Å². The van der Waals surface area contributed by atoms with Crippen molar-refractivity contribution in [3.8, 4) is 0 Å². The molecular weight excluding hydrogens is 224 g/mol. The van der Waals surface area contributed by atoms with Gasteiger partial charge in [0.1, 0.15) is 5.76 Å². The van der Waals surface area contributed by atoms with Crippen molar-refractivity contribution in [2.75, 3.05) is 26.2 Å². The summed E-state index contributed by atoms with van der Waals surface area (Å²) in [7, 11) is 0. The molecule has 0 aliphatic carbocycles. The molecule has 1 atom stereocenters. The maximum absolute atomic E-state index is 5.83. The van der Waals surface area contributed by atoms with Gasteiger partial charge in [0.05, 0.1) is 12.6 Å². The van der Waals surface area contributed by atoms with E-state index in [9.17, 15) is 0 Å². The second kappa shape index (κ2) is 6.07. The van der Waals surface area contributed by atoms with E-state index in [1.807, 2.05) is 0 Å². The van der Waals surface area contributed by atoms with Crippen LogP contribution in [0.1, 0.15) is 46.5 Å². The van der Waals surface area contributed by atoms with Crippen LogP contribution in [0.4, 0.5) is 0 Å². The van der Waals surface area contributed by atoms with Crippen LogP contribution in [0.15, 0.2) is 11.8 Å². The number of nitrogens with zero attached hydrogens (tertiary/aromatic N) is 1. The lowest BCUT2D eigenvalue weighted by atomic mass is 9.90. The quantitative estimate of drug-likeness (QED) is 0.786. The van der Waals surface area contributed by atoms with E-state index in [0.29, 0.717) is 6.04 Å². The van der Waals surface area contributed by atoms with Crippen molar-refractivity contribution in [3.63, 3.8) is 0 Å². The van der Waals surface area contributed by atoms with Gasteiger partial charge in [-0.2, -0.15) is 0 Å². The standard InChI is InChI=1S/C15H28N2O/c1-4-9-16-14(13-8-7-12-18-13)15(2,3)17-10-5-6-11-17/h8,14,16H,4-7,9-12H2,1-3H3. The second-order valence-electron chi connectivity index (χ2n) is 5.98. The summed E-state index contributed by atoms with van der Waals surface area (Å²) in [4.78, 5) is 2.61. The zero-order valence-corrected chi connectivity index (χ0v) is 12.2. The van der Waals surface area contributed by atoms with Crippen molar-refractivity contribution >= 4 is 0 Å². The highest BCUT2D eigenvalue weighted by Crippen LogP contribution is 2.30. The normalized spacial score (nSPS) is 22.9. The molecule has 3 heteroatoms. The molecule has 1 fully saturated rings. The third-order valence-electron chi connectivity index (χ3n) is 4.24. The summed E-state index contributed by atoms with van der Waals surface area (Å²) < 4.78 is 5.83. The van der Waals surface area contributed by atoms with E-state index in [2.05, 4.69) is 37.1 Å². The Labute approximate surface area is 112 Å². The lowest BCUT2D eigenvalue weighted by Crippen LogP contribution is -2.57. The van der Waals surface area contributed by atoms with Gasteiger partial charge in [-0.15, -0.1) is 0 Å². The van der Waals surface area contributed by atoms with Gasteiger partial charge in [0, 0.05) is 12.0 Å². The fourth-order valence-corrected chi connectivity index (χ4v) is 3.10. The molecule has 2 aliphatic heterocycles. The first-order chi connectivity index (χ1) is 8.66. The Morgan fingerprint density at radius 1 is 1.39 bits per heavy atom. The smallest absolute Gasteiger partial charge is 0.111 e. The number of hydrogen-bond acceptors (Lipinski definition) is 3. The topological polar surface area (TPSA) is 24.5 Å². The van der Waals surface area contributed by atoms with Crippen LogP contribution in [-0.4, -0.2) is 42.7 Å². The van der Waals surface area contributed by atoms with Crippen molar-refractivity contribution in [1.82, 2.24) is 10.2 Å². The van der Waals surface area contributed by atoms with Crippen LogP contribution in [-0.2, 0) is 4.74 Å². The average molecular weight is 252 g/mol. The molecule has 3 nitrogen and oxygen atoms in total. The van der Waals surface area contributed by atoms with E-state index in [1.165, 1.54) is 38.1 Å². The molecule has 0 amide bonds. The summed E-state index contributed by atoms with van der Waals surface area (Å²) in [6, 6.07) is 0.332. The summed E-state index contributed by atoms with van der Waals surface area (Å²) in [5, 5.41) is 3.69. The van der Waals surface area contributed by atoms with E-state index in [0.717, 1.165) is 19.6 Å². The Balaban J connectivity index is 2.10. The highest BCUT2D eigenvalue weighted by molar-refractivity contribution is 5.15. The monoisotopic (exact) mass is 252 g/mol. The molecule has 1 unspecified atom stereocenters. The van der Waals surface area contributed by atoms with Crippen molar-refractivity contribution in [2.24, 2.45) is 0 Å². The summed E-state index contributed by atoms with van der Waals surface area (Å²) >= 11 is 0. The summed E-state index contributed by atoms with van der Waals surface area (Å²) in [5.74, 6) is 1.17. The summed E-state index contributed by atoms with van der Waals surface area (Å²) in [6.07, 6.45) is 7.17. The van der Waals surface area contributed by atoms with Gasteiger partial charge in [-0.25, -0.2) is 0 Å². The van der Waals surface area contributed by atoms with Gasteiger partial charge in [-0.1, -0.05) is 6.92 Å². The number of rotatable bonds is 6. The largest absolute Gasteiger partial charge is 0.496 e. The number of likely N-dealkylation sites (tertiary alicyclic amines) is 1. The fourth-order valence-electron chi connectivity index (χ4n) is 3.10. The average Bonchev–Trinajstić information content (AvgIpc) is 3.02. The van der Waals surface area contributed by atoms with E-state index in [-0.39, 0.29) is 5.54 Å². The van der Waals surface area contributed by atoms with Crippen LogP contribution in [0.25, 0.3) is 0 Å². The zero-order valence-electron chi connectivity index (χ0n) is 12.2. The molecule has 0 bridgehead atoms. The molecule has 18 heavy (non-hydrogen) atoms. The molecule has 0 aromatic rings. The van der Waals surface area contributed by atoms with E-state index in [1.54, 1.807) is 0 Å². The van der Waals surface area contributed by atoms with Crippen molar-refractivity contribution in [1.29, 1.82) is 0 Å². The first-order valence-corrected chi connectivity index (χ1v) is 7.47. The Hall–Kier alpha value is -0.540. The Kier molecular flexibility index (Phi) is 4.68. The number of nitrogens with one attached hydrogen (secondary N) is 1. The summed E-state index contributed by atoms with van der Waals surface area (Å²) in [6.45, 7) is 11.3. The number of ether oxygens (including phenoxy) is 1. The third-order valence-corrected chi connectivity index (χ3v) is 4.24. The molecule has 0 aromatic carbocycles. The highest BCUT2D eigenvalue weighted by Gasteiger charge is 2.39. The van der Waals surface area contributed by atoms with E-state index >= 15 is 0 Å². The lowest BCUT2D eigenvalue weighted by Gasteiger charge is -2.42. The molecule has 2 aliphatic rings. The van der Waals surface area contributed by atoms with E-state index < -0.39 is 0 Å². The molecule has 0 radical (unpaired) electrons. The third kappa shape index (κ3) is 2.89. The molecule has 2 rings (SSSR count). The van der Waals surface area contributed by atoms with Crippen LogP contribution in [0, 0.1) is 0 Å². The van der Waals surface area contributed by atoms with Crippen LogP contribution in [0.2, 0.25) is 0 Å². The second-order valence-corrected chi connectivity index (χ2v) is 5.98. The van der Waals surface area contributed by atoms with Gasteiger partial charge in [-0.3, -0.25) is 4.90 Å². The van der Waals surface area contributed by atoms with Gasteiger partial charge in [0.25, 0.3) is 0 Å². The van der Waals surface area contributed by atoms with Crippen LogP contribution in [0.5, 0.6) is 0 Å². The SMILES string of the molecule is CCCNC(C1=CCCO1)C(C)(C)N1CCCC1. The molecule has 104 valence electrons. The Morgan fingerprint density at radius 2 is 2.11 bits per heavy atom. The van der Waals surface area contributed by atoms with Gasteiger partial charge in [-0.05, 0) is 58.8 Å².